The largest absolute Gasteiger partial charge is 0.493 e. The third-order valence-corrected chi connectivity index (χ3v) is 6.24. The molecule has 1 aliphatic heterocycles. The Morgan fingerprint density at radius 3 is 2.77 bits per heavy atom. The molecule has 2 amide bonds. The zero-order valence-corrected chi connectivity index (χ0v) is 18.9. The van der Waals surface area contributed by atoms with E-state index in [2.05, 4.69) is 23.3 Å². The van der Waals surface area contributed by atoms with Crippen molar-refractivity contribution in [2.45, 2.75) is 40.2 Å². The fraction of sp³-hybridized carbons (Fsp3) is 0.292. The van der Waals surface area contributed by atoms with E-state index in [0.29, 0.717) is 23.1 Å². The first-order chi connectivity index (χ1) is 14.9. The Morgan fingerprint density at radius 1 is 1.26 bits per heavy atom. The summed E-state index contributed by atoms with van der Waals surface area (Å²) in [6, 6.07) is 13.4. The molecule has 0 spiro atoms. The smallest absolute Gasteiger partial charge is 0.261 e. The Bertz CT molecular complexity index is 1150. The van der Waals surface area contributed by atoms with Crippen LogP contribution in [0.3, 0.4) is 0 Å². The number of amides is 2. The standard InChI is InChI=1S/C24H25N3O3S/c1-5-30-21-9-7-6-8-19(21)23(29)26-24-25-22(15(3)31-24)17-10-11-20-18(13-17)12-14(2)27(20)16(4)28/h6-11,13-14H,5,12H2,1-4H3,(H,25,26,29)/t14-/m1/s1. The number of aromatic nitrogens is 1. The molecular formula is C24H25N3O3S. The van der Waals surface area contributed by atoms with Crippen LogP contribution in [0.2, 0.25) is 0 Å². The predicted molar refractivity (Wildman–Crippen MR) is 124 cm³/mol. The van der Waals surface area contributed by atoms with Crippen molar-refractivity contribution in [3.8, 4) is 17.0 Å². The monoisotopic (exact) mass is 435 g/mol. The molecule has 1 aromatic heterocycles. The van der Waals surface area contributed by atoms with E-state index in [-0.39, 0.29) is 17.9 Å². The summed E-state index contributed by atoms with van der Waals surface area (Å²) in [4.78, 5) is 32.3. The van der Waals surface area contributed by atoms with Gasteiger partial charge in [0, 0.05) is 29.1 Å². The van der Waals surface area contributed by atoms with Crippen molar-refractivity contribution in [2.75, 3.05) is 16.8 Å². The number of carbonyl (C=O) groups is 2. The minimum absolute atomic E-state index is 0.0566. The Morgan fingerprint density at radius 2 is 2.03 bits per heavy atom. The minimum Gasteiger partial charge on any atom is -0.493 e. The van der Waals surface area contributed by atoms with Gasteiger partial charge in [-0.1, -0.05) is 18.2 Å². The molecule has 7 heteroatoms. The molecule has 1 atom stereocenters. The lowest BCUT2D eigenvalue weighted by atomic mass is 10.0. The summed E-state index contributed by atoms with van der Waals surface area (Å²) in [6.45, 7) is 8.03. The number of aryl methyl sites for hydroxylation is 1. The van der Waals surface area contributed by atoms with Crippen molar-refractivity contribution < 1.29 is 14.3 Å². The van der Waals surface area contributed by atoms with Crippen LogP contribution in [-0.4, -0.2) is 29.4 Å². The molecular weight excluding hydrogens is 410 g/mol. The predicted octanol–water partition coefficient (Wildman–Crippen LogP) is 5.07. The molecule has 160 valence electrons. The highest BCUT2D eigenvalue weighted by molar-refractivity contribution is 7.16. The molecule has 1 aliphatic rings. The van der Waals surface area contributed by atoms with Crippen molar-refractivity contribution in [3.05, 3.63) is 58.5 Å². The van der Waals surface area contributed by atoms with Gasteiger partial charge in [-0.3, -0.25) is 14.9 Å². The van der Waals surface area contributed by atoms with Gasteiger partial charge in [0.25, 0.3) is 5.91 Å². The number of ether oxygens (including phenoxy) is 1. The number of hydrogen-bond acceptors (Lipinski definition) is 5. The first-order valence-electron chi connectivity index (χ1n) is 10.3. The fourth-order valence-corrected chi connectivity index (χ4v) is 4.91. The maximum absolute atomic E-state index is 12.8. The molecule has 0 aliphatic carbocycles. The van der Waals surface area contributed by atoms with Crippen LogP contribution in [0, 0.1) is 6.92 Å². The number of hydrogen-bond donors (Lipinski definition) is 1. The molecule has 0 radical (unpaired) electrons. The van der Waals surface area contributed by atoms with E-state index in [1.54, 1.807) is 19.1 Å². The van der Waals surface area contributed by atoms with E-state index in [9.17, 15) is 9.59 Å². The van der Waals surface area contributed by atoms with Gasteiger partial charge in [-0.05, 0) is 57.0 Å². The average Bonchev–Trinajstić information content (AvgIpc) is 3.26. The highest BCUT2D eigenvalue weighted by atomic mass is 32.1. The van der Waals surface area contributed by atoms with Crippen LogP contribution >= 0.6 is 11.3 Å². The van der Waals surface area contributed by atoms with Gasteiger partial charge < -0.3 is 9.64 Å². The van der Waals surface area contributed by atoms with Gasteiger partial charge in [0.2, 0.25) is 5.91 Å². The molecule has 0 saturated carbocycles. The SMILES string of the molecule is CCOc1ccccc1C(=O)Nc1nc(-c2ccc3c(c2)C[C@@H](C)N3C(C)=O)c(C)s1. The summed E-state index contributed by atoms with van der Waals surface area (Å²) in [6.07, 6.45) is 0.823. The third-order valence-electron chi connectivity index (χ3n) is 5.36. The summed E-state index contributed by atoms with van der Waals surface area (Å²) < 4.78 is 5.57. The lowest BCUT2D eigenvalue weighted by Gasteiger charge is -2.20. The summed E-state index contributed by atoms with van der Waals surface area (Å²) in [5.41, 5.74) is 4.42. The lowest BCUT2D eigenvalue weighted by Crippen LogP contribution is -2.33. The number of anilines is 2. The molecule has 0 unspecified atom stereocenters. The number of carbonyl (C=O) groups excluding carboxylic acids is 2. The van der Waals surface area contributed by atoms with Gasteiger partial charge >= 0.3 is 0 Å². The molecule has 0 saturated heterocycles. The van der Waals surface area contributed by atoms with Gasteiger partial charge in [0.1, 0.15) is 5.75 Å². The second-order valence-corrected chi connectivity index (χ2v) is 8.80. The van der Waals surface area contributed by atoms with Crippen LogP contribution in [0.1, 0.15) is 41.6 Å². The number of thiazole rings is 1. The van der Waals surface area contributed by atoms with E-state index < -0.39 is 0 Å². The van der Waals surface area contributed by atoms with E-state index in [1.165, 1.54) is 11.3 Å². The zero-order chi connectivity index (χ0) is 22.1. The first kappa shape index (κ1) is 21.1. The van der Waals surface area contributed by atoms with Gasteiger partial charge in [-0.15, -0.1) is 11.3 Å². The van der Waals surface area contributed by atoms with E-state index >= 15 is 0 Å². The molecule has 4 rings (SSSR count). The number of para-hydroxylation sites is 1. The van der Waals surface area contributed by atoms with Gasteiger partial charge in [0.15, 0.2) is 5.13 Å². The maximum atomic E-state index is 12.8. The molecule has 6 nitrogen and oxygen atoms in total. The molecule has 2 heterocycles. The van der Waals surface area contributed by atoms with Crippen LogP contribution in [0.4, 0.5) is 10.8 Å². The third kappa shape index (κ3) is 4.05. The topological polar surface area (TPSA) is 71.5 Å². The number of rotatable bonds is 5. The summed E-state index contributed by atoms with van der Waals surface area (Å²) in [5.74, 6) is 0.365. The van der Waals surface area contributed by atoms with Crippen LogP contribution < -0.4 is 15.0 Å². The highest BCUT2D eigenvalue weighted by Gasteiger charge is 2.29. The van der Waals surface area contributed by atoms with Crippen molar-refractivity contribution in [2.24, 2.45) is 0 Å². The Balaban J connectivity index is 1.59. The van der Waals surface area contributed by atoms with E-state index in [4.69, 9.17) is 4.74 Å². The number of nitrogens with one attached hydrogen (secondary N) is 1. The number of benzene rings is 2. The second-order valence-electron chi connectivity index (χ2n) is 7.59. The molecule has 0 bridgehead atoms. The molecule has 31 heavy (non-hydrogen) atoms. The summed E-state index contributed by atoms with van der Waals surface area (Å²) in [5, 5.41) is 3.45. The lowest BCUT2D eigenvalue weighted by molar-refractivity contribution is -0.116. The van der Waals surface area contributed by atoms with Gasteiger partial charge in [-0.2, -0.15) is 0 Å². The van der Waals surface area contributed by atoms with Crippen LogP contribution in [0.25, 0.3) is 11.3 Å². The first-order valence-corrected chi connectivity index (χ1v) is 11.1. The normalized spacial score (nSPS) is 15.0. The quantitative estimate of drug-likeness (QED) is 0.608. The van der Waals surface area contributed by atoms with Gasteiger partial charge in [0.05, 0.1) is 17.9 Å². The summed E-state index contributed by atoms with van der Waals surface area (Å²) in [7, 11) is 0. The molecule has 3 aromatic rings. The average molecular weight is 436 g/mol. The number of fused-ring (bicyclic) bond motifs is 1. The minimum atomic E-state index is -0.246. The number of nitrogens with zero attached hydrogens (tertiary/aromatic N) is 2. The maximum Gasteiger partial charge on any atom is 0.261 e. The molecule has 0 fully saturated rings. The summed E-state index contributed by atoms with van der Waals surface area (Å²) >= 11 is 1.44. The van der Waals surface area contributed by atoms with E-state index in [0.717, 1.165) is 33.8 Å². The fourth-order valence-electron chi connectivity index (χ4n) is 4.08. The molecule has 1 N–H and O–H groups in total. The van der Waals surface area contributed by atoms with E-state index in [1.807, 2.05) is 43.0 Å². The Labute approximate surface area is 185 Å². The highest BCUT2D eigenvalue weighted by Crippen LogP contribution is 2.37. The molecule has 2 aromatic carbocycles. The van der Waals surface area contributed by atoms with Crippen LogP contribution in [0.15, 0.2) is 42.5 Å². The van der Waals surface area contributed by atoms with Crippen molar-refractivity contribution >= 4 is 34.0 Å². The Hall–Kier alpha value is -3.19. The van der Waals surface area contributed by atoms with Gasteiger partial charge in [-0.25, -0.2) is 4.98 Å². The van der Waals surface area contributed by atoms with Crippen molar-refractivity contribution in [1.29, 1.82) is 0 Å². The van der Waals surface area contributed by atoms with Crippen molar-refractivity contribution in [3.63, 3.8) is 0 Å². The second kappa shape index (κ2) is 8.51. The van der Waals surface area contributed by atoms with Crippen LogP contribution in [-0.2, 0) is 11.2 Å². The zero-order valence-electron chi connectivity index (χ0n) is 18.1. The Kier molecular flexibility index (Phi) is 5.78. The van der Waals surface area contributed by atoms with Crippen molar-refractivity contribution in [1.82, 2.24) is 4.98 Å². The van der Waals surface area contributed by atoms with Crippen LogP contribution in [0.5, 0.6) is 5.75 Å².